The van der Waals surface area contributed by atoms with E-state index in [9.17, 15) is 25.3 Å². The van der Waals surface area contributed by atoms with E-state index in [1.54, 1.807) is 18.2 Å². The molecule has 0 aliphatic carbocycles. The molecule has 6 rings (SSSR count). The molecule has 0 aliphatic rings. The molecule has 0 amide bonds. The second-order valence-electron chi connectivity index (χ2n) is 10.6. The van der Waals surface area contributed by atoms with Crippen LogP contribution < -0.4 is 9.44 Å². The van der Waals surface area contributed by atoms with Gasteiger partial charge in [-0.15, -0.1) is 0 Å². The molecule has 8 nitrogen and oxygen atoms in total. The lowest BCUT2D eigenvalue weighted by molar-refractivity contribution is 0.590. The highest BCUT2D eigenvalue weighted by atomic mass is 35.7. The molecule has 0 radical (unpaired) electrons. The molecule has 0 atom stereocenters. The second-order valence-corrected chi connectivity index (χ2v) is 17.5. The SMILES string of the molecule is CS(=O)(=O)Cl.CS(=O)(=O)N(c1ccc(-c2ccccc2)c2ccccc12)S(C)(=O)=O.Nc1ccc(-c2ccccc2)c2ccccc12. The Morgan fingerprint density at radius 3 is 1.23 bits per heavy atom. The van der Waals surface area contributed by atoms with Crippen molar-refractivity contribution in [1.82, 2.24) is 0 Å². The summed E-state index contributed by atoms with van der Waals surface area (Å²) < 4.78 is 67.8. The highest BCUT2D eigenvalue weighted by Gasteiger charge is 2.29. The fraction of sp³-hybridized carbons (Fsp3) is 0.0857. The predicted octanol–water partition coefficient (Wildman–Crippen LogP) is 7.51. The molecule has 0 heterocycles. The van der Waals surface area contributed by atoms with Gasteiger partial charge in [0.15, 0.2) is 0 Å². The van der Waals surface area contributed by atoms with Gasteiger partial charge in [0.05, 0.1) is 24.5 Å². The Bertz CT molecular complexity index is 2310. The van der Waals surface area contributed by atoms with Crippen LogP contribution in [0.1, 0.15) is 0 Å². The first-order chi connectivity index (χ1) is 22.1. The maximum absolute atomic E-state index is 12.1. The van der Waals surface area contributed by atoms with Gasteiger partial charge in [-0.25, -0.2) is 25.3 Å². The van der Waals surface area contributed by atoms with Gasteiger partial charge in [0.2, 0.25) is 29.1 Å². The summed E-state index contributed by atoms with van der Waals surface area (Å²) >= 11 is 0. The quantitative estimate of drug-likeness (QED) is 0.145. The molecule has 2 N–H and O–H groups in total. The van der Waals surface area contributed by atoms with Crippen LogP contribution in [0.25, 0.3) is 43.8 Å². The molecule has 244 valence electrons. The first-order valence-electron chi connectivity index (χ1n) is 14.1. The third-order valence-electron chi connectivity index (χ3n) is 6.83. The van der Waals surface area contributed by atoms with Crippen LogP contribution in [0.2, 0.25) is 0 Å². The van der Waals surface area contributed by atoms with Gasteiger partial charge in [-0.05, 0) is 45.2 Å². The Balaban J connectivity index is 0.000000196. The van der Waals surface area contributed by atoms with Crippen LogP contribution in [0.4, 0.5) is 11.4 Å². The van der Waals surface area contributed by atoms with Gasteiger partial charge in [0.25, 0.3) is 0 Å². The summed E-state index contributed by atoms with van der Waals surface area (Å²) in [6, 6.07) is 42.8. The molecule has 0 saturated carbocycles. The third kappa shape index (κ3) is 9.32. The molecule has 0 spiro atoms. The van der Waals surface area contributed by atoms with Gasteiger partial charge >= 0.3 is 0 Å². The Morgan fingerprint density at radius 1 is 0.468 bits per heavy atom. The maximum Gasteiger partial charge on any atom is 0.245 e. The average molecular weight is 709 g/mol. The Kier molecular flexibility index (Phi) is 11.0. The van der Waals surface area contributed by atoms with Gasteiger partial charge in [-0.3, -0.25) is 0 Å². The number of sulfonamides is 2. The van der Waals surface area contributed by atoms with Crippen molar-refractivity contribution < 1.29 is 25.3 Å². The number of benzene rings is 6. The molecule has 12 heteroatoms. The van der Waals surface area contributed by atoms with E-state index < -0.39 is 29.1 Å². The molecule has 0 fully saturated rings. The molecule has 0 bridgehead atoms. The highest BCUT2D eigenvalue weighted by Crippen LogP contribution is 2.37. The zero-order valence-corrected chi connectivity index (χ0v) is 29.0. The number of hydrogen-bond donors (Lipinski definition) is 1. The fourth-order valence-electron chi connectivity index (χ4n) is 5.11. The van der Waals surface area contributed by atoms with Crippen LogP contribution in [0.3, 0.4) is 0 Å². The van der Waals surface area contributed by atoms with E-state index in [0.29, 0.717) is 9.10 Å². The third-order valence-corrected chi connectivity index (χ3v) is 10.1. The van der Waals surface area contributed by atoms with Crippen molar-refractivity contribution in [1.29, 1.82) is 0 Å². The van der Waals surface area contributed by atoms with Crippen LogP contribution in [0.5, 0.6) is 0 Å². The number of rotatable bonds is 5. The van der Waals surface area contributed by atoms with Crippen molar-refractivity contribution in [3.63, 3.8) is 0 Å². The number of nitrogens with two attached hydrogens (primary N) is 1. The van der Waals surface area contributed by atoms with Gasteiger partial charge in [0.1, 0.15) is 0 Å². The first-order valence-corrected chi connectivity index (χ1v) is 20.5. The van der Waals surface area contributed by atoms with E-state index in [4.69, 9.17) is 5.73 Å². The fourth-order valence-corrected chi connectivity index (χ4v) is 8.11. The van der Waals surface area contributed by atoms with Crippen molar-refractivity contribution in [3.05, 3.63) is 133 Å². The van der Waals surface area contributed by atoms with Crippen molar-refractivity contribution in [2.75, 3.05) is 28.2 Å². The molecule has 0 aliphatic heterocycles. The van der Waals surface area contributed by atoms with Gasteiger partial charge < -0.3 is 5.73 Å². The van der Waals surface area contributed by atoms with E-state index in [-0.39, 0.29) is 5.69 Å². The molecule has 6 aromatic carbocycles. The van der Waals surface area contributed by atoms with Crippen molar-refractivity contribution >= 4 is 72.7 Å². The largest absolute Gasteiger partial charge is 0.398 e. The summed E-state index contributed by atoms with van der Waals surface area (Å²) in [6.07, 6.45) is 2.69. The summed E-state index contributed by atoms with van der Waals surface area (Å²) in [7, 11) is -6.69. The summed E-state index contributed by atoms with van der Waals surface area (Å²) in [5, 5.41) is 3.66. The zero-order valence-electron chi connectivity index (χ0n) is 25.8. The number of anilines is 2. The molecule has 0 aromatic heterocycles. The summed E-state index contributed by atoms with van der Waals surface area (Å²) in [5.41, 5.74) is 11.3. The van der Waals surface area contributed by atoms with Crippen LogP contribution in [-0.2, 0) is 29.1 Å². The normalized spacial score (nSPS) is 11.6. The standard InChI is InChI=1S/C18H17NO4S2.C16H13N.CH3ClO2S/c1-24(20,21)19(25(2,22)23)18-13-12-15(14-8-4-3-5-9-14)16-10-6-7-11-17(16)18;17-16-11-10-13(12-6-2-1-3-7-12)14-8-4-5-9-15(14)16;1-5(2,3)4/h3-13H,1-2H3;1-11H,17H2;1H3. The van der Waals surface area contributed by atoms with Crippen LogP contribution in [0, 0.1) is 0 Å². The van der Waals surface area contributed by atoms with E-state index in [0.717, 1.165) is 46.4 Å². The molecular formula is C35H33ClN2O6S3. The Morgan fingerprint density at radius 2 is 0.809 bits per heavy atom. The Labute approximate surface area is 280 Å². The van der Waals surface area contributed by atoms with Crippen LogP contribution >= 0.6 is 10.7 Å². The molecular weight excluding hydrogens is 676 g/mol. The summed E-state index contributed by atoms with van der Waals surface area (Å²) in [4.78, 5) is 0. The topological polar surface area (TPSA) is 132 Å². The first kappa shape index (κ1) is 35.4. The van der Waals surface area contributed by atoms with Crippen LogP contribution in [-0.4, -0.2) is 44.0 Å². The molecule has 47 heavy (non-hydrogen) atoms. The number of fused-ring (bicyclic) bond motifs is 2. The van der Waals surface area contributed by atoms with E-state index in [2.05, 4.69) is 53.1 Å². The van der Waals surface area contributed by atoms with Crippen molar-refractivity contribution in [2.24, 2.45) is 0 Å². The number of halogens is 1. The highest BCUT2D eigenvalue weighted by molar-refractivity contribution is 8.13. The summed E-state index contributed by atoms with van der Waals surface area (Å²) in [5.74, 6) is 0. The number of nitrogen functional groups attached to an aromatic ring is 1. The van der Waals surface area contributed by atoms with Crippen LogP contribution in [0.15, 0.2) is 133 Å². The lowest BCUT2D eigenvalue weighted by Gasteiger charge is -2.22. The Hall–Kier alpha value is -4.42. The van der Waals surface area contributed by atoms with E-state index >= 15 is 0 Å². The zero-order chi connectivity index (χ0) is 34.4. The monoisotopic (exact) mass is 708 g/mol. The maximum atomic E-state index is 12.1. The number of hydrogen-bond acceptors (Lipinski definition) is 7. The van der Waals surface area contributed by atoms with E-state index in [1.165, 1.54) is 22.6 Å². The summed E-state index contributed by atoms with van der Waals surface area (Å²) in [6.45, 7) is 0. The van der Waals surface area contributed by atoms with Gasteiger partial charge in [0, 0.05) is 27.1 Å². The van der Waals surface area contributed by atoms with E-state index in [1.807, 2.05) is 66.7 Å². The van der Waals surface area contributed by atoms with Gasteiger partial charge in [-0.1, -0.05) is 121 Å². The second kappa shape index (κ2) is 14.6. The van der Waals surface area contributed by atoms with Gasteiger partial charge in [-0.2, -0.15) is 3.71 Å². The minimum Gasteiger partial charge on any atom is -0.398 e. The minimum absolute atomic E-state index is 0.125. The lowest BCUT2D eigenvalue weighted by atomic mass is 9.97. The average Bonchev–Trinajstić information content (AvgIpc) is 3.01. The number of nitrogens with zero attached hydrogens (tertiary/aromatic N) is 1. The van der Waals surface area contributed by atoms with Crippen molar-refractivity contribution in [2.45, 2.75) is 0 Å². The lowest BCUT2D eigenvalue weighted by Crippen LogP contribution is -2.35. The molecule has 0 saturated heterocycles. The minimum atomic E-state index is -4.00. The van der Waals surface area contributed by atoms with Crippen molar-refractivity contribution in [3.8, 4) is 22.3 Å². The predicted molar refractivity (Wildman–Crippen MR) is 196 cm³/mol. The smallest absolute Gasteiger partial charge is 0.245 e. The molecule has 0 unspecified atom stereocenters. The molecule has 6 aromatic rings.